The van der Waals surface area contributed by atoms with Crippen LogP contribution in [-0.4, -0.2) is 51.9 Å². The Labute approximate surface area is 170 Å². The van der Waals surface area contributed by atoms with Crippen molar-refractivity contribution in [1.29, 1.82) is 0 Å². The van der Waals surface area contributed by atoms with Gasteiger partial charge in [-0.15, -0.1) is 0 Å². The predicted molar refractivity (Wildman–Crippen MR) is 111 cm³/mol. The highest BCUT2D eigenvalue weighted by molar-refractivity contribution is 5.79. The third-order valence-corrected chi connectivity index (χ3v) is 5.95. The van der Waals surface area contributed by atoms with Gasteiger partial charge in [0.1, 0.15) is 5.82 Å². The van der Waals surface area contributed by atoms with Crippen LogP contribution in [0.2, 0.25) is 0 Å². The van der Waals surface area contributed by atoms with Crippen molar-refractivity contribution >= 4 is 11.7 Å². The SMILES string of the molecule is O=C(Cc1cccnc1)N1CC2CN(c3cnc(-c4ccccc4)cn3)CC2C1. The van der Waals surface area contributed by atoms with Gasteiger partial charge >= 0.3 is 0 Å². The molecule has 2 aliphatic heterocycles. The molecular formula is C23H23N5O. The zero-order valence-electron chi connectivity index (χ0n) is 16.2. The number of aromatic nitrogens is 3. The van der Waals surface area contributed by atoms with E-state index in [-0.39, 0.29) is 5.91 Å². The van der Waals surface area contributed by atoms with Gasteiger partial charge in [0.15, 0.2) is 0 Å². The van der Waals surface area contributed by atoms with Crippen LogP contribution in [0.5, 0.6) is 0 Å². The molecule has 2 aliphatic rings. The molecule has 29 heavy (non-hydrogen) atoms. The number of hydrogen-bond acceptors (Lipinski definition) is 5. The lowest BCUT2D eigenvalue weighted by Crippen LogP contribution is -2.34. The van der Waals surface area contributed by atoms with E-state index >= 15 is 0 Å². The zero-order chi connectivity index (χ0) is 19.6. The highest BCUT2D eigenvalue weighted by Gasteiger charge is 2.41. The number of amides is 1. The first-order valence-electron chi connectivity index (χ1n) is 10.1. The van der Waals surface area contributed by atoms with Crippen LogP contribution < -0.4 is 4.90 Å². The first-order valence-corrected chi connectivity index (χ1v) is 10.1. The van der Waals surface area contributed by atoms with E-state index in [4.69, 9.17) is 0 Å². The summed E-state index contributed by atoms with van der Waals surface area (Å²) in [6.45, 7) is 3.52. The molecule has 5 rings (SSSR count). The highest BCUT2D eigenvalue weighted by Crippen LogP contribution is 2.33. The summed E-state index contributed by atoms with van der Waals surface area (Å²) >= 11 is 0. The lowest BCUT2D eigenvalue weighted by molar-refractivity contribution is -0.129. The average molecular weight is 385 g/mol. The smallest absolute Gasteiger partial charge is 0.227 e. The number of likely N-dealkylation sites (tertiary alicyclic amines) is 1. The van der Waals surface area contributed by atoms with Crippen molar-refractivity contribution < 1.29 is 4.79 Å². The number of carbonyl (C=O) groups is 1. The Morgan fingerprint density at radius 1 is 0.897 bits per heavy atom. The first kappa shape index (κ1) is 17.8. The number of benzene rings is 1. The lowest BCUT2D eigenvalue weighted by Gasteiger charge is -2.22. The van der Waals surface area contributed by atoms with Crippen LogP contribution in [0, 0.1) is 11.8 Å². The molecule has 0 aliphatic carbocycles. The van der Waals surface area contributed by atoms with Gasteiger partial charge in [0.2, 0.25) is 5.91 Å². The molecule has 0 spiro atoms. The Kier molecular flexibility index (Phi) is 4.68. The average Bonchev–Trinajstić information content (AvgIpc) is 3.35. The molecule has 3 aromatic rings. The molecule has 2 unspecified atom stereocenters. The fourth-order valence-electron chi connectivity index (χ4n) is 4.42. The molecular weight excluding hydrogens is 362 g/mol. The number of nitrogens with zero attached hydrogens (tertiary/aromatic N) is 5. The van der Waals surface area contributed by atoms with E-state index in [1.807, 2.05) is 59.8 Å². The Morgan fingerprint density at radius 2 is 1.69 bits per heavy atom. The third kappa shape index (κ3) is 3.70. The number of carbonyl (C=O) groups excluding carboxylic acids is 1. The number of rotatable bonds is 4. The molecule has 0 N–H and O–H groups in total. The Hall–Kier alpha value is -3.28. The van der Waals surface area contributed by atoms with Crippen molar-refractivity contribution in [3.05, 3.63) is 72.8 Å². The van der Waals surface area contributed by atoms with E-state index in [2.05, 4.69) is 19.9 Å². The van der Waals surface area contributed by atoms with Crippen molar-refractivity contribution in [3.63, 3.8) is 0 Å². The first-order chi connectivity index (χ1) is 14.3. The summed E-state index contributed by atoms with van der Waals surface area (Å²) in [5.41, 5.74) is 2.94. The van der Waals surface area contributed by atoms with Crippen molar-refractivity contribution in [3.8, 4) is 11.3 Å². The minimum absolute atomic E-state index is 0.200. The second kappa shape index (κ2) is 7.62. The predicted octanol–water partition coefficient (Wildman–Crippen LogP) is 2.68. The second-order valence-electron chi connectivity index (χ2n) is 7.89. The number of pyridine rings is 1. The summed E-state index contributed by atoms with van der Waals surface area (Å²) in [4.78, 5) is 30.3. The van der Waals surface area contributed by atoms with Crippen LogP contribution in [-0.2, 0) is 11.2 Å². The molecule has 2 saturated heterocycles. The van der Waals surface area contributed by atoms with Gasteiger partial charge in [-0.25, -0.2) is 4.98 Å². The van der Waals surface area contributed by atoms with E-state index < -0.39 is 0 Å². The maximum absolute atomic E-state index is 12.6. The molecule has 1 aromatic carbocycles. The molecule has 6 nitrogen and oxygen atoms in total. The van der Waals surface area contributed by atoms with E-state index in [0.29, 0.717) is 18.3 Å². The van der Waals surface area contributed by atoms with Crippen LogP contribution >= 0.6 is 0 Å². The Bertz CT molecular complexity index is 963. The van der Waals surface area contributed by atoms with Gasteiger partial charge in [0.25, 0.3) is 0 Å². The van der Waals surface area contributed by atoms with Crippen molar-refractivity contribution in [1.82, 2.24) is 19.9 Å². The third-order valence-electron chi connectivity index (χ3n) is 5.95. The van der Waals surface area contributed by atoms with Gasteiger partial charge in [-0.05, 0) is 11.6 Å². The van der Waals surface area contributed by atoms with Crippen LogP contribution in [0.25, 0.3) is 11.3 Å². The van der Waals surface area contributed by atoms with Crippen molar-refractivity contribution in [2.75, 3.05) is 31.1 Å². The minimum atomic E-state index is 0.200. The number of fused-ring (bicyclic) bond motifs is 1. The maximum Gasteiger partial charge on any atom is 0.227 e. The van der Waals surface area contributed by atoms with Gasteiger partial charge in [0, 0.05) is 56.0 Å². The summed E-state index contributed by atoms with van der Waals surface area (Å²) in [5.74, 6) is 2.13. The molecule has 0 radical (unpaired) electrons. The van der Waals surface area contributed by atoms with Crippen molar-refractivity contribution in [2.24, 2.45) is 11.8 Å². The summed E-state index contributed by atoms with van der Waals surface area (Å²) in [6.07, 6.45) is 7.66. The minimum Gasteiger partial charge on any atom is -0.355 e. The molecule has 0 bridgehead atoms. The standard InChI is InChI=1S/C23H23N5O/c29-23(9-17-5-4-8-24-10-17)28-15-19-13-27(14-20(19)16-28)22-12-25-21(11-26-22)18-6-2-1-3-7-18/h1-8,10-12,19-20H,9,13-16H2. The molecule has 1 amide bonds. The van der Waals surface area contributed by atoms with Gasteiger partial charge in [-0.1, -0.05) is 36.4 Å². The maximum atomic E-state index is 12.6. The quantitative estimate of drug-likeness (QED) is 0.691. The Balaban J connectivity index is 1.20. The largest absolute Gasteiger partial charge is 0.355 e. The van der Waals surface area contributed by atoms with Gasteiger partial charge in [-0.2, -0.15) is 0 Å². The van der Waals surface area contributed by atoms with Gasteiger partial charge in [0.05, 0.1) is 24.5 Å². The van der Waals surface area contributed by atoms with Crippen LogP contribution in [0.4, 0.5) is 5.82 Å². The normalized spacial score (nSPS) is 20.7. The summed E-state index contributed by atoms with van der Waals surface area (Å²) in [6, 6.07) is 13.9. The monoisotopic (exact) mass is 385 g/mol. The van der Waals surface area contributed by atoms with Crippen LogP contribution in [0.1, 0.15) is 5.56 Å². The lowest BCUT2D eigenvalue weighted by atomic mass is 10.0. The number of hydrogen-bond donors (Lipinski definition) is 0. The number of anilines is 1. The van der Waals surface area contributed by atoms with E-state index in [1.54, 1.807) is 12.4 Å². The summed E-state index contributed by atoms with van der Waals surface area (Å²) in [7, 11) is 0. The fraction of sp³-hybridized carbons (Fsp3) is 0.304. The molecule has 2 aromatic heterocycles. The van der Waals surface area contributed by atoms with Crippen LogP contribution in [0.3, 0.4) is 0 Å². The molecule has 4 heterocycles. The summed E-state index contributed by atoms with van der Waals surface area (Å²) < 4.78 is 0. The van der Waals surface area contributed by atoms with E-state index in [0.717, 1.165) is 48.8 Å². The summed E-state index contributed by atoms with van der Waals surface area (Å²) in [5, 5.41) is 0. The molecule has 6 heteroatoms. The van der Waals surface area contributed by atoms with E-state index in [1.165, 1.54) is 0 Å². The molecule has 2 fully saturated rings. The topological polar surface area (TPSA) is 62.2 Å². The molecule has 146 valence electrons. The van der Waals surface area contributed by atoms with Gasteiger partial charge in [-0.3, -0.25) is 14.8 Å². The zero-order valence-corrected chi connectivity index (χ0v) is 16.2. The Morgan fingerprint density at radius 3 is 2.34 bits per heavy atom. The van der Waals surface area contributed by atoms with Crippen LogP contribution in [0.15, 0.2) is 67.3 Å². The van der Waals surface area contributed by atoms with Crippen molar-refractivity contribution in [2.45, 2.75) is 6.42 Å². The second-order valence-corrected chi connectivity index (χ2v) is 7.89. The fourth-order valence-corrected chi connectivity index (χ4v) is 4.42. The van der Waals surface area contributed by atoms with Gasteiger partial charge < -0.3 is 9.80 Å². The molecule has 2 atom stereocenters. The molecule has 0 saturated carbocycles. The highest BCUT2D eigenvalue weighted by atomic mass is 16.2. The van der Waals surface area contributed by atoms with E-state index in [9.17, 15) is 4.79 Å².